The third kappa shape index (κ3) is 3.71. The van der Waals surface area contributed by atoms with Crippen molar-refractivity contribution in [1.29, 1.82) is 0 Å². The Morgan fingerprint density at radius 1 is 0.963 bits per heavy atom. The van der Waals surface area contributed by atoms with E-state index in [-0.39, 0.29) is 11.0 Å². The predicted molar refractivity (Wildman–Crippen MR) is 108 cm³/mol. The summed E-state index contributed by atoms with van der Waals surface area (Å²) in [5.41, 5.74) is 0.817. The lowest BCUT2D eigenvalue weighted by Crippen LogP contribution is -2.02. The molecule has 3 rings (SSSR count). The third-order valence-electron chi connectivity index (χ3n) is 4.59. The summed E-state index contributed by atoms with van der Waals surface area (Å²) in [5.74, 6) is 1.25. The quantitative estimate of drug-likeness (QED) is 0.463. The van der Waals surface area contributed by atoms with E-state index in [1.807, 2.05) is 24.3 Å². The van der Waals surface area contributed by atoms with Crippen molar-refractivity contribution in [2.24, 2.45) is 0 Å². The van der Waals surface area contributed by atoms with Crippen molar-refractivity contribution in [2.75, 3.05) is 14.2 Å². The molecule has 0 fully saturated rings. The first-order chi connectivity index (χ1) is 12.4. The fraction of sp³-hybridized carbons (Fsp3) is 0.300. The van der Waals surface area contributed by atoms with E-state index in [0.717, 1.165) is 34.6 Å². The summed E-state index contributed by atoms with van der Waals surface area (Å²) in [6.07, 6.45) is 2.53. The fourth-order valence-corrected chi connectivity index (χ4v) is 3.98. The number of rotatable bonds is 6. The molecule has 146 valence electrons. The normalized spacial score (nSPS) is 11.4. The topological polar surface area (TPSA) is 108 Å². The molecular formula is C20H25NO5S. The fourth-order valence-electron chi connectivity index (χ4n) is 3.42. The highest BCUT2D eigenvalue weighted by molar-refractivity contribution is 7.85. The zero-order chi connectivity index (χ0) is 18.9. The Morgan fingerprint density at radius 2 is 1.56 bits per heavy atom. The largest absolute Gasteiger partial charge is 0.495 e. The predicted octanol–water partition coefficient (Wildman–Crippen LogP) is 4.76. The molecule has 0 unspecified atom stereocenters. The van der Waals surface area contributed by atoms with Crippen LogP contribution in [0.2, 0.25) is 0 Å². The molecule has 0 aliphatic rings. The first-order valence-electron chi connectivity index (χ1n) is 8.49. The Kier molecular flexibility index (Phi) is 6.30. The number of hydrogen-bond acceptors (Lipinski definition) is 5. The monoisotopic (exact) mass is 391 g/mol. The lowest BCUT2D eigenvalue weighted by Gasteiger charge is -2.18. The number of benzene rings is 3. The van der Waals surface area contributed by atoms with Crippen LogP contribution in [0.1, 0.15) is 25.3 Å². The summed E-state index contributed by atoms with van der Waals surface area (Å²) in [6, 6.07) is 10.7. The summed E-state index contributed by atoms with van der Waals surface area (Å²) in [4.78, 5) is -0.133. The molecule has 3 aromatic rings. The average Bonchev–Trinajstić information content (AvgIpc) is 2.63. The molecule has 0 atom stereocenters. The van der Waals surface area contributed by atoms with Crippen molar-refractivity contribution in [3.8, 4) is 11.5 Å². The second kappa shape index (κ2) is 8.12. The van der Waals surface area contributed by atoms with Gasteiger partial charge in [-0.15, -0.1) is 0 Å². The molecule has 0 radical (unpaired) electrons. The maximum atomic E-state index is 11.8. The average molecular weight is 391 g/mol. The zero-order valence-corrected chi connectivity index (χ0v) is 16.6. The molecule has 0 bridgehead atoms. The summed E-state index contributed by atoms with van der Waals surface area (Å²) in [5, 5.41) is 3.16. The van der Waals surface area contributed by atoms with Crippen LogP contribution >= 0.6 is 0 Å². The van der Waals surface area contributed by atoms with E-state index < -0.39 is 10.1 Å². The molecule has 0 heterocycles. The van der Waals surface area contributed by atoms with E-state index in [9.17, 15) is 13.0 Å². The van der Waals surface area contributed by atoms with Gasteiger partial charge in [-0.25, -0.2) is 0 Å². The molecule has 0 aliphatic carbocycles. The second-order valence-corrected chi connectivity index (χ2v) is 7.62. The maximum absolute atomic E-state index is 11.8. The minimum Gasteiger partial charge on any atom is -0.495 e. The van der Waals surface area contributed by atoms with Crippen LogP contribution < -0.4 is 15.6 Å². The highest BCUT2D eigenvalue weighted by atomic mass is 32.2. The van der Waals surface area contributed by atoms with Gasteiger partial charge in [0.25, 0.3) is 10.1 Å². The Labute approximate surface area is 159 Å². The number of aryl methyl sites for hydroxylation is 1. The standard InChI is InChI=1S/C20H22O5S.H3N/c1-4-5-8-13-11-14(26(21,22)23)12-17-18(13)20(25-3)16-10-7-6-9-15(16)19(17)24-2;/h6-7,9-12H,4-5,8H2,1-3H3,(H,21,22,23);1H3. The summed E-state index contributed by atoms with van der Waals surface area (Å²) in [6.45, 7) is 2.07. The summed E-state index contributed by atoms with van der Waals surface area (Å²) >= 11 is 0. The molecular weight excluding hydrogens is 366 g/mol. The zero-order valence-electron chi connectivity index (χ0n) is 15.8. The van der Waals surface area contributed by atoms with Crippen LogP contribution in [-0.2, 0) is 16.5 Å². The molecule has 3 aromatic carbocycles. The second-order valence-electron chi connectivity index (χ2n) is 6.20. The van der Waals surface area contributed by atoms with Crippen molar-refractivity contribution in [3.63, 3.8) is 0 Å². The Hall–Kier alpha value is -2.35. The number of unbranched alkanes of at least 4 members (excludes halogenated alkanes) is 1. The van der Waals surface area contributed by atoms with Crippen molar-refractivity contribution < 1.29 is 22.4 Å². The Bertz CT molecular complexity index is 1080. The Morgan fingerprint density at radius 3 is 2.07 bits per heavy atom. The van der Waals surface area contributed by atoms with Gasteiger partial charge < -0.3 is 15.6 Å². The summed E-state index contributed by atoms with van der Waals surface area (Å²) in [7, 11) is -1.18. The van der Waals surface area contributed by atoms with Gasteiger partial charge in [0.2, 0.25) is 0 Å². The van der Waals surface area contributed by atoms with E-state index in [1.165, 1.54) is 12.1 Å². The van der Waals surface area contributed by atoms with Gasteiger partial charge in [-0.1, -0.05) is 37.6 Å². The van der Waals surface area contributed by atoms with Crippen molar-refractivity contribution in [3.05, 3.63) is 42.0 Å². The van der Waals surface area contributed by atoms with Crippen LogP contribution in [0.15, 0.2) is 41.3 Å². The van der Waals surface area contributed by atoms with E-state index in [4.69, 9.17) is 9.47 Å². The molecule has 27 heavy (non-hydrogen) atoms. The highest BCUT2D eigenvalue weighted by Gasteiger charge is 2.21. The van der Waals surface area contributed by atoms with Gasteiger partial charge in [-0.05, 0) is 30.5 Å². The number of methoxy groups -OCH3 is 2. The van der Waals surface area contributed by atoms with Gasteiger partial charge >= 0.3 is 0 Å². The van der Waals surface area contributed by atoms with Crippen molar-refractivity contribution in [1.82, 2.24) is 6.15 Å². The summed E-state index contributed by atoms with van der Waals surface area (Å²) < 4.78 is 44.6. The van der Waals surface area contributed by atoms with Crippen LogP contribution in [0.25, 0.3) is 21.5 Å². The van der Waals surface area contributed by atoms with Crippen LogP contribution in [-0.4, -0.2) is 27.2 Å². The first-order valence-corrected chi connectivity index (χ1v) is 9.93. The van der Waals surface area contributed by atoms with Crippen LogP contribution in [0.4, 0.5) is 0 Å². The van der Waals surface area contributed by atoms with E-state index >= 15 is 0 Å². The molecule has 0 saturated carbocycles. The SMILES string of the molecule is CCCCc1cc(S(=O)(=O)O)cc2c(OC)c3ccccc3c(OC)c12.N. The molecule has 4 N–H and O–H groups in total. The minimum absolute atomic E-state index is 0. The smallest absolute Gasteiger partial charge is 0.294 e. The number of ether oxygens (including phenoxy) is 2. The molecule has 6 nitrogen and oxygen atoms in total. The van der Waals surface area contributed by atoms with Crippen molar-refractivity contribution in [2.45, 2.75) is 31.1 Å². The maximum Gasteiger partial charge on any atom is 0.294 e. The van der Waals surface area contributed by atoms with E-state index in [0.29, 0.717) is 23.3 Å². The van der Waals surface area contributed by atoms with E-state index in [2.05, 4.69) is 6.92 Å². The minimum atomic E-state index is -4.34. The Balaban J connectivity index is 0.00000261. The highest BCUT2D eigenvalue weighted by Crippen LogP contribution is 2.45. The number of fused-ring (bicyclic) bond motifs is 2. The first kappa shape index (κ1) is 21.0. The van der Waals surface area contributed by atoms with Gasteiger partial charge in [0.15, 0.2) is 0 Å². The number of hydrogen-bond donors (Lipinski definition) is 2. The molecule has 0 saturated heterocycles. The van der Waals surface area contributed by atoms with Gasteiger partial charge in [0, 0.05) is 21.5 Å². The molecule has 0 spiro atoms. The van der Waals surface area contributed by atoms with Crippen molar-refractivity contribution >= 4 is 31.7 Å². The van der Waals surface area contributed by atoms with Gasteiger partial charge in [0.1, 0.15) is 11.5 Å². The molecule has 0 aliphatic heterocycles. The third-order valence-corrected chi connectivity index (χ3v) is 5.42. The van der Waals surface area contributed by atoms with Crippen LogP contribution in [0, 0.1) is 0 Å². The van der Waals surface area contributed by atoms with Gasteiger partial charge in [-0.3, -0.25) is 4.55 Å². The molecule has 0 aromatic heterocycles. The lowest BCUT2D eigenvalue weighted by molar-refractivity contribution is 0.417. The molecule has 0 amide bonds. The van der Waals surface area contributed by atoms with Crippen LogP contribution in [0.3, 0.4) is 0 Å². The van der Waals surface area contributed by atoms with Gasteiger partial charge in [0.05, 0.1) is 19.1 Å². The van der Waals surface area contributed by atoms with E-state index in [1.54, 1.807) is 14.2 Å². The van der Waals surface area contributed by atoms with Crippen LogP contribution in [0.5, 0.6) is 11.5 Å². The lowest BCUT2D eigenvalue weighted by atomic mass is 9.94. The molecule has 7 heteroatoms. The van der Waals surface area contributed by atoms with Gasteiger partial charge in [-0.2, -0.15) is 8.42 Å².